The summed E-state index contributed by atoms with van der Waals surface area (Å²) in [6, 6.07) is 0. The number of ether oxygens (including phenoxy) is 2. The van der Waals surface area contributed by atoms with Crippen molar-refractivity contribution in [2.24, 2.45) is 0 Å². The average Bonchev–Trinajstić information content (AvgIpc) is 2.80. The first kappa shape index (κ1) is 9.02. The highest BCUT2D eigenvalue weighted by molar-refractivity contribution is 5.46. The molecule has 2 bridgehead atoms. The summed E-state index contributed by atoms with van der Waals surface area (Å²) in [5.41, 5.74) is 2.77. The molecule has 0 spiro atoms. The zero-order valence-electron chi connectivity index (χ0n) is 9.44. The molecule has 5 rings (SSSR count). The van der Waals surface area contributed by atoms with Crippen LogP contribution < -0.4 is 0 Å². The second-order valence-electron chi connectivity index (χ2n) is 5.37. The summed E-state index contributed by atoms with van der Waals surface area (Å²) in [7, 11) is 0. The Morgan fingerprint density at radius 2 is 1.50 bits per heavy atom. The van der Waals surface area contributed by atoms with Gasteiger partial charge in [-0.1, -0.05) is 12.2 Å². The van der Waals surface area contributed by atoms with Gasteiger partial charge in [0.25, 0.3) is 0 Å². The van der Waals surface area contributed by atoms with Gasteiger partial charge < -0.3 is 14.5 Å². The molecule has 4 unspecified atom stereocenters. The van der Waals surface area contributed by atoms with Crippen molar-refractivity contribution >= 4 is 0 Å². The van der Waals surface area contributed by atoms with E-state index < -0.39 is 5.79 Å². The summed E-state index contributed by atoms with van der Waals surface area (Å²) in [5.74, 6) is 0.279. The first-order chi connectivity index (χ1) is 7.66. The standard InChI is InChI=1S/C13H15NO2/c1-13(2)15-11-7-3-4-8(12(11)16-13)10-6-14-5-9(7)10/h3-8,11-12,14H,1-2H3. The molecule has 4 atom stereocenters. The maximum absolute atomic E-state index is 6.03. The summed E-state index contributed by atoms with van der Waals surface area (Å²) in [6.07, 6.45) is 9.11. The minimum Gasteiger partial charge on any atom is -0.367 e. The van der Waals surface area contributed by atoms with E-state index in [1.165, 1.54) is 11.1 Å². The lowest BCUT2D eigenvalue weighted by atomic mass is 9.70. The van der Waals surface area contributed by atoms with Gasteiger partial charge in [-0.15, -0.1) is 0 Å². The minimum absolute atomic E-state index is 0.188. The van der Waals surface area contributed by atoms with Crippen LogP contribution in [0.25, 0.3) is 0 Å². The normalized spacial score (nSPS) is 42.1. The fourth-order valence-electron chi connectivity index (χ4n) is 3.36. The van der Waals surface area contributed by atoms with E-state index in [1.807, 2.05) is 13.8 Å². The summed E-state index contributed by atoms with van der Waals surface area (Å²) < 4.78 is 12.1. The predicted octanol–water partition coefficient (Wildman–Crippen LogP) is 2.29. The molecule has 0 amide bonds. The summed E-state index contributed by atoms with van der Waals surface area (Å²) in [6.45, 7) is 4.00. The van der Waals surface area contributed by atoms with Gasteiger partial charge in [-0.2, -0.15) is 0 Å². The maximum Gasteiger partial charge on any atom is 0.163 e. The van der Waals surface area contributed by atoms with E-state index in [0.717, 1.165) is 0 Å². The van der Waals surface area contributed by atoms with Crippen LogP contribution >= 0.6 is 0 Å². The van der Waals surface area contributed by atoms with Crippen LogP contribution in [0.5, 0.6) is 0 Å². The fourth-order valence-corrected chi connectivity index (χ4v) is 3.36. The average molecular weight is 217 g/mol. The van der Waals surface area contributed by atoms with E-state index in [9.17, 15) is 0 Å². The Balaban J connectivity index is 1.85. The molecular formula is C13H15NO2. The van der Waals surface area contributed by atoms with Crippen molar-refractivity contribution in [2.45, 2.75) is 43.7 Å². The molecule has 0 radical (unpaired) electrons. The van der Waals surface area contributed by atoms with E-state index >= 15 is 0 Å². The third-order valence-electron chi connectivity index (χ3n) is 3.93. The Bertz CT molecular complexity index is 436. The highest BCUT2D eigenvalue weighted by Crippen LogP contribution is 2.52. The monoisotopic (exact) mass is 217 g/mol. The second-order valence-corrected chi connectivity index (χ2v) is 5.37. The quantitative estimate of drug-likeness (QED) is 0.676. The topological polar surface area (TPSA) is 34.2 Å². The van der Waals surface area contributed by atoms with E-state index in [-0.39, 0.29) is 12.2 Å². The largest absolute Gasteiger partial charge is 0.367 e. The van der Waals surface area contributed by atoms with Crippen molar-refractivity contribution in [3.8, 4) is 0 Å². The van der Waals surface area contributed by atoms with Gasteiger partial charge in [0.15, 0.2) is 5.79 Å². The molecule has 1 N–H and O–H groups in total. The number of hydrogen-bond donors (Lipinski definition) is 1. The lowest BCUT2D eigenvalue weighted by Crippen LogP contribution is -2.40. The predicted molar refractivity (Wildman–Crippen MR) is 59.2 cm³/mol. The Labute approximate surface area is 94.4 Å². The zero-order chi connectivity index (χ0) is 10.9. The van der Waals surface area contributed by atoms with Crippen molar-refractivity contribution in [2.75, 3.05) is 0 Å². The van der Waals surface area contributed by atoms with Crippen LogP contribution in [0, 0.1) is 0 Å². The highest BCUT2D eigenvalue weighted by Gasteiger charge is 2.53. The lowest BCUT2D eigenvalue weighted by Gasteiger charge is -2.38. The van der Waals surface area contributed by atoms with E-state index in [4.69, 9.17) is 9.47 Å². The SMILES string of the molecule is CC1(C)OC2C3C=CC(c4c[nH]cc43)C2O1. The molecule has 2 heterocycles. The molecule has 3 heteroatoms. The zero-order valence-corrected chi connectivity index (χ0v) is 9.44. The van der Waals surface area contributed by atoms with Crippen LogP contribution in [0.2, 0.25) is 0 Å². The van der Waals surface area contributed by atoms with Gasteiger partial charge >= 0.3 is 0 Å². The van der Waals surface area contributed by atoms with Gasteiger partial charge in [0.1, 0.15) is 0 Å². The number of rotatable bonds is 0. The van der Waals surface area contributed by atoms with Gasteiger partial charge in [0.2, 0.25) is 0 Å². The number of aromatic nitrogens is 1. The second kappa shape index (κ2) is 2.60. The molecule has 1 saturated heterocycles. The van der Waals surface area contributed by atoms with Crippen molar-refractivity contribution in [3.63, 3.8) is 0 Å². The minimum atomic E-state index is -0.439. The first-order valence-corrected chi connectivity index (χ1v) is 5.86. The van der Waals surface area contributed by atoms with Gasteiger partial charge in [0.05, 0.1) is 12.2 Å². The van der Waals surface area contributed by atoms with Crippen LogP contribution in [0.1, 0.15) is 36.8 Å². The number of H-pyrrole nitrogens is 1. The van der Waals surface area contributed by atoms with E-state index in [0.29, 0.717) is 11.8 Å². The molecule has 3 nitrogen and oxygen atoms in total. The van der Waals surface area contributed by atoms with Crippen LogP contribution in [0.3, 0.4) is 0 Å². The van der Waals surface area contributed by atoms with Crippen LogP contribution in [-0.2, 0) is 9.47 Å². The number of aromatic amines is 1. The fraction of sp³-hybridized carbons (Fsp3) is 0.538. The van der Waals surface area contributed by atoms with Gasteiger partial charge in [-0.05, 0) is 25.0 Å². The van der Waals surface area contributed by atoms with Gasteiger partial charge in [0, 0.05) is 24.2 Å². The Hall–Kier alpha value is -1.06. The summed E-state index contributed by atoms with van der Waals surface area (Å²) in [4.78, 5) is 3.20. The van der Waals surface area contributed by atoms with E-state index in [1.54, 1.807) is 0 Å². The van der Waals surface area contributed by atoms with Gasteiger partial charge in [-0.3, -0.25) is 0 Å². The highest BCUT2D eigenvalue weighted by atomic mass is 16.8. The molecule has 1 aromatic rings. The molecule has 1 aromatic heterocycles. The smallest absolute Gasteiger partial charge is 0.163 e. The number of nitrogens with one attached hydrogen (secondary N) is 1. The van der Waals surface area contributed by atoms with Crippen LogP contribution in [0.4, 0.5) is 0 Å². The third-order valence-corrected chi connectivity index (χ3v) is 3.93. The van der Waals surface area contributed by atoms with Crippen molar-refractivity contribution in [1.82, 2.24) is 4.98 Å². The Morgan fingerprint density at radius 1 is 1.00 bits per heavy atom. The summed E-state index contributed by atoms with van der Waals surface area (Å²) in [5, 5.41) is 0. The number of hydrogen-bond acceptors (Lipinski definition) is 2. The van der Waals surface area contributed by atoms with Gasteiger partial charge in [-0.25, -0.2) is 0 Å². The Kier molecular flexibility index (Phi) is 1.47. The van der Waals surface area contributed by atoms with Crippen molar-refractivity contribution in [3.05, 3.63) is 35.7 Å². The molecule has 0 aromatic carbocycles. The molecule has 1 fully saturated rings. The Morgan fingerprint density at radius 3 is 2.00 bits per heavy atom. The molecule has 16 heavy (non-hydrogen) atoms. The molecule has 84 valence electrons. The molecule has 0 saturated carbocycles. The van der Waals surface area contributed by atoms with E-state index in [2.05, 4.69) is 29.5 Å². The van der Waals surface area contributed by atoms with Crippen molar-refractivity contribution in [1.29, 1.82) is 0 Å². The van der Waals surface area contributed by atoms with Crippen LogP contribution in [-0.4, -0.2) is 23.0 Å². The first-order valence-electron chi connectivity index (χ1n) is 5.86. The molecular weight excluding hydrogens is 202 g/mol. The molecule has 1 aliphatic heterocycles. The third kappa shape index (κ3) is 0.955. The molecule has 4 aliphatic rings. The summed E-state index contributed by atoms with van der Waals surface area (Å²) >= 11 is 0. The van der Waals surface area contributed by atoms with Crippen molar-refractivity contribution < 1.29 is 9.47 Å². The van der Waals surface area contributed by atoms with Crippen LogP contribution in [0.15, 0.2) is 24.5 Å². The maximum atomic E-state index is 6.03. The molecule has 3 aliphatic carbocycles. The lowest BCUT2D eigenvalue weighted by molar-refractivity contribution is -0.146.